The molecule has 0 amide bonds. The highest BCUT2D eigenvalue weighted by Gasteiger charge is 2.24. The second-order valence-corrected chi connectivity index (χ2v) is 5.09. The van der Waals surface area contributed by atoms with Crippen LogP contribution in [0.3, 0.4) is 0 Å². The fourth-order valence-corrected chi connectivity index (χ4v) is 3.19. The Morgan fingerprint density at radius 1 is 1.50 bits per heavy atom. The standard InChI is InChI=1S/C12H15F2NS/c1-2-10-7-16-12(15-10)9-5-3-4-8(6-9)11(13)14/h3-6,10-12,15H,2,7H2,1H3. The molecule has 88 valence electrons. The van der Waals surface area contributed by atoms with E-state index in [1.165, 1.54) is 6.07 Å². The lowest BCUT2D eigenvalue weighted by atomic mass is 10.1. The van der Waals surface area contributed by atoms with Crippen LogP contribution < -0.4 is 5.32 Å². The Bertz CT molecular complexity index is 357. The Hall–Kier alpha value is -0.610. The second-order valence-electron chi connectivity index (χ2n) is 3.96. The van der Waals surface area contributed by atoms with Gasteiger partial charge >= 0.3 is 0 Å². The molecular formula is C12H15F2NS. The van der Waals surface area contributed by atoms with Crippen molar-refractivity contribution in [2.45, 2.75) is 31.2 Å². The average Bonchev–Trinajstić information content (AvgIpc) is 2.77. The zero-order valence-corrected chi connectivity index (χ0v) is 9.94. The van der Waals surface area contributed by atoms with Gasteiger partial charge in [-0.15, -0.1) is 11.8 Å². The predicted octanol–water partition coefficient (Wildman–Crippen LogP) is 3.74. The first-order valence-corrected chi connectivity index (χ1v) is 6.51. The fourth-order valence-electron chi connectivity index (χ4n) is 1.81. The van der Waals surface area contributed by atoms with Crippen LogP contribution in [0.15, 0.2) is 24.3 Å². The van der Waals surface area contributed by atoms with Crippen molar-refractivity contribution in [2.75, 3.05) is 5.75 Å². The van der Waals surface area contributed by atoms with Crippen molar-refractivity contribution in [3.05, 3.63) is 35.4 Å². The van der Waals surface area contributed by atoms with Crippen LogP contribution >= 0.6 is 11.8 Å². The molecule has 1 saturated heterocycles. The molecule has 1 aromatic carbocycles. The van der Waals surface area contributed by atoms with Crippen LogP contribution in [-0.4, -0.2) is 11.8 Å². The Kier molecular flexibility index (Phi) is 3.82. The summed E-state index contributed by atoms with van der Waals surface area (Å²) >= 11 is 1.79. The number of thioether (sulfide) groups is 1. The lowest BCUT2D eigenvalue weighted by Gasteiger charge is -2.13. The molecule has 1 aliphatic heterocycles. The summed E-state index contributed by atoms with van der Waals surface area (Å²) in [5, 5.41) is 3.61. The van der Waals surface area contributed by atoms with Crippen molar-refractivity contribution < 1.29 is 8.78 Å². The van der Waals surface area contributed by atoms with Crippen LogP contribution in [-0.2, 0) is 0 Å². The van der Waals surface area contributed by atoms with E-state index in [9.17, 15) is 8.78 Å². The first-order valence-electron chi connectivity index (χ1n) is 5.46. The number of halogens is 2. The maximum absolute atomic E-state index is 12.5. The van der Waals surface area contributed by atoms with Crippen LogP contribution in [0.25, 0.3) is 0 Å². The maximum atomic E-state index is 12.5. The van der Waals surface area contributed by atoms with Gasteiger partial charge in [-0.25, -0.2) is 8.78 Å². The highest BCUT2D eigenvalue weighted by molar-refractivity contribution is 7.99. The van der Waals surface area contributed by atoms with E-state index >= 15 is 0 Å². The zero-order chi connectivity index (χ0) is 11.5. The van der Waals surface area contributed by atoms with E-state index < -0.39 is 6.43 Å². The van der Waals surface area contributed by atoms with Gasteiger partial charge in [0.2, 0.25) is 0 Å². The van der Waals surface area contributed by atoms with Crippen LogP contribution in [0, 0.1) is 0 Å². The fraction of sp³-hybridized carbons (Fsp3) is 0.500. The molecule has 0 aromatic heterocycles. The quantitative estimate of drug-likeness (QED) is 0.868. The van der Waals surface area contributed by atoms with Gasteiger partial charge in [-0.2, -0.15) is 0 Å². The minimum absolute atomic E-state index is 0.111. The summed E-state index contributed by atoms with van der Waals surface area (Å²) in [6.45, 7) is 2.14. The summed E-state index contributed by atoms with van der Waals surface area (Å²) in [4.78, 5) is 0. The summed E-state index contributed by atoms with van der Waals surface area (Å²) in [5.41, 5.74) is 1.07. The highest BCUT2D eigenvalue weighted by atomic mass is 32.2. The van der Waals surface area contributed by atoms with Crippen molar-refractivity contribution in [1.82, 2.24) is 5.32 Å². The van der Waals surface area contributed by atoms with Crippen LogP contribution in [0.5, 0.6) is 0 Å². The third-order valence-corrected chi connectivity index (χ3v) is 4.15. The molecule has 0 radical (unpaired) electrons. The third kappa shape index (κ3) is 2.55. The number of alkyl halides is 2. The van der Waals surface area contributed by atoms with Gasteiger partial charge in [0.25, 0.3) is 6.43 Å². The molecule has 0 aliphatic carbocycles. The Labute approximate surface area is 98.6 Å². The van der Waals surface area contributed by atoms with Crippen molar-refractivity contribution >= 4 is 11.8 Å². The van der Waals surface area contributed by atoms with Crippen molar-refractivity contribution in [3.63, 3.8) is 0 Å². The zero-order valence-electron chi connectivity index (χ0n) is 9.12. The number of rotatable bonds is 3. The monoisotopic (exact) mass is 243 g/mol. The summed E-state index contributed by atoms with van der Waals surface area (Å²) in [6.07, 6.45) is -1.30. The molecule has 1 nitrogen and oxygen atoms in total. The van der Waals surface area contributed by atoms with E-state index in [1.807, 2.05) is 6.07 Å². The first-order chi connectivity index (χ1) is 7.70. The third-order valence-electron chi connectivity index (χ3n) is 2.81. The average molecular weight is 243 g/mol. The van der Waals surface area contributed by atoms with Gasteiger partial charge in [-0.1, -0.05) is 25.1 Å². The molecule has 1 aliphatic rings. The van der Waals surface area contributed by atoms with E-state index in [0.717, 1.165) is 17.7 Å². The van der Waals surface area contributed by atoms with E-state index in [1.54, 1.807) is 23.9 Å². The van der Waals surface area contributed by atoms with E-state index in [2.05, 4.69) is 12.2 Å². The number of hydrogen-bond acceptors (Lipinski definition) is 2. The molecule has 1 heterocycles. The topological polar surface area (TPSA) is 12.0 Å². The molecule has 1 fully saturated rings. The maximum Gasteiger partial charge on any atom is 0.263 e. The molecule has 1 N–H and O–H groups in total. The highest BCUT2D eigenvalue weighted by Crippen LogP contribution is 2.34. The van der Waals surface area contributed by atoms with Gasteiger partial charge in [-0.05, 0) is 18.1 Å². The van der Waals surface area contributed by atoms with E-state index in [4.69, 9.17) is 0 Å². The normalized spacial score (nSPS) is 25.2. The lowest BCUT2D eigenvalue weighted by molar-refractivity contribution is 0.151. The van der Waals surface area contributed by atoms with Crippen LogP contribution in [0.2, 0.25) is 0 Å². The molecule has 0 spiro atoms. The molecule has 4 heteroatoms. The van der Waals surface area contributed by atoms with Crippen LogP contribution in [0.4, 0.5) is 8.78 Å². The van der Waals surface area contributed by atoms with Crippen LogP contribution in [0.1, 0.15) is 36.3 Å². The lowest BCUT2D eigenvalue weighted by Crippen LogP contribution is -2.24. The van der Waals surface area contributed by atoms with Gasteiger partial charge in [-0.3, -0.25) is 5.32 Å². The Morgan fingerprint density at radius 3 is 2.94 bits per heavy atom. The predicted molar refractivity (Wildman–Crippen MR) is 63.8 cm³/mol. The van der Waals surface area contributed by atoms with Gasteiger partial charge in [0.1, 0.15) is 0 Å². The van der Waals surface area contributed by atoms with Crippen molar-refractivity contribution in [2.24, 2.45) is 0 Å². The van der Waals surface area contributed by atoms with Gasteiger partial charge in [0.15, 0.2) is 0 Å². The minimum Gasteiger partial charge on any atom is -0.298 e. The number of hydrogen-bond donors (Lipinski definition) is 1. The molecular weight excluding hydrogens is 228 g/mol. The minimum atomic E-state index is -2.38. The molecule has 2 unspecified atom stereocenters. The van der Waals surface area contributed by atoms with Gasteiger partial charge in [0, 0.05) is 17.4 Å². The summed E-state index contributed by atoms with van der Waals surface area (Å²) in [5.74, 6) is 1.06. The molecule has 2 atom stereocenters. The first kappa shape index (κ1) is 11.9. The number of nitrogens with one attached hydrogen (secondary N) is 1. The molecule has 16 heavy (non-hydrogen) atoms. The molecule has 2 rings (SSSR count). The summed E-state index contributed by atoms with van der Waals surface area (Å²) in [6, 6.07) is 7.20. The van der Waals surface area contributed by atoms with Crippen molar-refractivity contribution in [3.8, 4) is 0 Å². The summed E-state index contributed by atoms with van der Waals surface area (Å²) < 4.78 is 25.1. The number of benzene rings is 1. The Balaban J connectivity index is 2.12. The smallest absolute Gasteiger partial charge is 0.263 e. The van der Waals surface area contributed by atoms with Gasteiger partial charge < -0.3 is 0 Å². The molecule has 0 saturated carbocycles. The van der Waals surface area contributed by atoms with E-state index in [-0.39, 0.29) is 10.9 Å². The SMILES string of the molecule is CCC1CSC(c2cccc(C(F)F)c2)N1. The molecule has 0 bridgehead atoms. The Morgan fingerprint density at radius 2 is 2.31 bits per heavy atom. The molecule has 1 aromatic rings. The van der Waals surface area contributed by atoms with Crippen molar-refractivity contribution in [1.29, 1.82) is 0 Å². The summed E-state index contributed by atoms with van der Waals surface area (Å²) in [7, 11) is 0. The van der Waals surface area contributed by atoms with E-state index in [0.29, 0.717) is 6.04 Å². The largest absolute Gasteiger partial charge is 0.298 e. The van der Waals surface area contributed by atoms with Gasteiger partial charge in [0.05, 0.1) is 5.37 Å². The second kappa shape index (κ2) is 5.15.